The van der Waals surface area contributed by atoms with Crippen molar-refractivity contribution in [3.8, 4) is 0 Å². The van der Waals surface area contributed by atoms with E-state index in [2.05, 4.69) is 33.9 Å². The summed E-state index contributed by atoms with van der Waals surface area (Å²) in [5.74, 6) is 0.978. The van der Waals surface area contributed by atoms with E-state index in [1.54, 1.807) is 6.20 Å². The second-order valence-corrected chi connectivity index (χ2v) is 4.82. The minimum absolute atomic E-state index is 0.453. The molecule has 0 spiro atoms. The van der Waals surface area contributed by atoms with E-state index in [0.717, 1.165) is 24.6 Å². The Bertz CT molecular complexity index is 348. The first kappa shape index (κ1) is 12.3. The van der Waals surface area contributed by atoms with E-state index in [1.165, 1.54) is 12.8 Å². The number of rotatable bonds is 4. The quantitative estimate of drug-likeness (QED) is 0.822. The predicted octanol–water partition coefficient (Wildman–Crippen LogP) is 0.466. The number of aromatic nitrogens is 2. The molecule has 1 atom stereocenters. The maximum absolute atomic E-state index is 5.52. The van der Waals surface area contributed by atoms with Crippen LogP contribution in [0.5, 0.6) is 0 Å². The second kappa shape index (κ2) is 5.42. The molecule has 0 bridgehead atoms. The van der Waals surface area contributed by atoms with Crippen molar-refractivity contribution in [3.05, 3.63) is 18.1 Å². The molecular weight excluding hydrogens is 214 g/mol. The highest BCUT2D eigenvalue weighted by atomic mass is 15.3. The topological polar surface area (TPSA) is 58.3 Å². The maximum atomic E-state index is 5.52. The van der Waals surface area contributed by atoms with E-state index in [1.807, 2.05) is 6.20 Å². The molecule has 5 heteroatoms. The van der Waals surface area contributed by atoms with Gasteiger partial charge in [-0.15, -0.1) is 0 Å². The van der Waals surface area contributed by atoms with Crippen molar-refractivity contribution in [2.24, 2.45) is 5.73 Å². The van der Waals surface area contributed by atoms with Gasteiger partial charge in [-0.25, -0.2) is 4.98 Å². The Morgan fingerprint density at radius 2 is 2.24 bits per heavy atom. The second-order valence-electron chi connectivity index (χ2n) is 4.82. The van der Waals surface area contributed by atoms with Gasteiger partial charge in [0.2, 0.25) is 0 Å². The molecule has 94 valence electrons. The van der Waals surface area contributed by atoms with Gasteiger partial charge in [-0.2, -0.15) is 0 Å². The lowest BCUT2D eigenvalue weighted by Crippen LogP contribution is -2.38. The average Bonchev–Trinajstić information content (AvgIpc) is 2.76. The largest absolute Gasteiger partial charge is 0.351 e. The van der Waals surface area contributed by atoms with Gasteiger partial charge >= 0.3 is 0 Å². The molecular formula is C12H21N5. The molecule has 1 aromatic rings. The fraction of sp³-hybridized carbons (Fsp3) is 0.667. The van der Waals surface area contributed by atoms with Crippen LogP contribution in [0.3, 0.4) is 0 Å². The van der Waals surface area contributed by atoms with Gasteiger partial charge in [0, 0.05) is 25.7 Å². The van der Waals surface area contributed by atoms with Gasteiger partial charge in [-0.05, 0) is 26.9 Å². The van der Waals surface area contributed by atoms with Crippen molar-refractivity contribution >= 4 is 5.82 Å². The molecule has 0 amide bonds. The zero-order valence-corrected chi connectivity index (χ0v) is 10.6. The third kappa shape index (κ3) is 2.92. The van der Waals surface area contributed by atoms with Crippen molar-refractivity contribution in [1.29, 1.82) is 0 Å². The number of nitrogens with zero attached hydrogens (tertiary/aromatic N) is 4. The van der Waals surface area contributed by atoms with Gasteiger partial charge < -0.3 is 15.5 Å². The first-order chi connectivity index (χ1) is 8.20. The highest BCUT2D eigenvalue weighted by Gasteiger charge is 2.26. The summed E-state index contributed by atoms with van der Waals surface area (Å²) in [7, 11) is 4.22. The number of nitrogens with two attached hydrogens (primary N) is 1. The number of hydrogen-bond acceptors (Lipinski definition) is 5. The minimum Gasteiger partial charge on any atom is -0.351 e. The van der Waals surface area contributed by atoms with E-state index in [4.69, 9.17) is 5.73 Å². The lowest BCUT2D eigenvalue weighted by molar-refractivity contribution is 0.371. The fourth-order valence-corrected chi connectivity index (χ4v) is 2.35. The molecule has 17 heavy (non-hydrogen) atoms. The fourth-order valence-electron chi connectivity index (χ4n) is 2.35. The highest BCUT2D eigenvalue weighted by Crippen LogP contribution is 2.23. The summed E-state index contributed by atoms with van der Waals surface area (Å²) in [4.78, 5) is 13.3. The Hall–Kier alpha value is -1.20. The Morgan fingerprint density at radius 3 is 2.82 bits per heavy atom. The van der Waals surface area contributed by atoms with Crippen LogP contribution in [0.4, 0.5) is 5.82 Å². The van der Waals surface area contributed by atoms with Gasteiger partial charge in [0.1, 0.15) is 5.82 Å². The summed E-state index contributed by atoms with van der Waals surface area (Å²) in [5.41, 5.74) is 6.37. The van der Waals surface area contributed by atoms with Gasteiger partial charge in [0.15, 0.2) is 0 Å². The Labute approximate surface area is 103 Å². The molecule has 2 heterocycles. The van der Waals surface area contributed by atoms with Crippen LogP contribution in [0.1, 0.15) is 18.5 Å². The molecule has 0 saturated carbocycles. The van der Waals surface area contributed by atoms with Crippen molar-refractivity contribution in [2.45, 2.75) is 25.4 Å². The van der Waals surface area contributed by atoms with E-state index < -0.39 is 0 Å². The zero-order valence-electron chi connectivity index (χ0n) is 10.6. The van der Waals surface area contributed by atoms with Crippen molar-refractivity contribution < 1.29 is 0 Å². The molecule has 2 rings (SSSR count). The average molecular weight is 235 g/mol. The van der Waals surface area contributed by atoms with Gasteiger partial charge in [-0.3, -0.25) is 4.98 Å². The zero-order chi connectivity index (χ0) is 12.3. The normalized spacial score (nSPS) is 20.2. The van der Waals surface area contributed by atoms with Crippen LogP contribution in [-0.4, -0.2) is 48.1 Å². The van der Waals surface area contributed by atoms with Crippen LogP contribution in [-0.2, 0) is 6.54 Å². The van der Waals surface area contributed by atoms with Crippen LogP contribution in [0.15, 0.2) is 12.4 Å². The van der Waals surface area contributed by atoms with Crippen molar-refractivity contribution in [2.75, 3.05) is 32.1 Å². The third-order valence-corrected chi connectivity index (χ3v) is 3.15. The molecule has 0 aliphatic carbocycles. The molecule has 1 unspecified atom stereocenters. The summed E-state index contributed by atoms with van der Waals surface area (Å²) in [6.07, 6.45) is 6.09. The van der Waals surface area contributed by atoms with Crippen LogP contribution in [0.2, 0.25) is 0 Å². The standard InChI is InChI=1S/C12H21N5/c1-16(2)9-11-4-3-5-17(11)12-8-14-10(6-13)7-15-12/h7-8,11H,3-6,9,13H2,1-2H3. The van der Waals surface area contributed by atoms with Crippen LogP contribution < -0.4 is 10.6 Å². The van der Waals surface area contributed by atoms with E-state index in [-0.39, 0.29) is 0 Å². The molecule has 1 aromatic heterocycles. The SMILES string of the molecule is CN(C)CC1CCCN1c1cnc(CN)cn1. The molecule has 1 saturated heterocycles. The summed E-state index contributed by atoms with van der Waals surface area (Å²) in [6, 6.07) is 0.558. The molecule has 0 radical (unpaired) electrons. The van der Waals surface area contributed by atoms with Gasteiger partial charge in [-0.1, -0.05) is 0 Å². The van der Waals surface area contributed by atoms with Crippen molar-refractivity contribution in [3.63, 3.8) is 0 Å². The first-order valence-electron chi connectivity index (χ1n) is 6.13. The first-order valence-corrected chi connectivity index (χ1v) is 6.13. The summed E-state index contributed by atoms with van der Waals surface area (Å²) in [5, 5.41) is 0. The number of anilines is 1. The van der Waals surface area contributed by atoms with Crippen molar-refractivity contribution in [1.82, 2.24) is 14.9 Å². The van der Waals surface area contributed by atoms with E-state index in [0.29, 0.717) is 12.6 Å². The van der Waals surface area contributed by atoms with Crippen LogP contribution in [0, 0.1) is 0 Å². The minimum atomic E-state index is 0.453. The summed E-state index contributed by atoms with van der Waals surface area (Å²) < 4.78 is 0. The molecule has 5 nitrogen and oxygen atoms in total. The number of hydrogen-bond donors (Lipinski definition) is 1. The maximum Gasteiger partial charge on any atom is 0.147 e. The van der Waals surface area contributed by atoms with E-state index in [9.17, 15) is 0 Å². The summed E-state index contributed by atoms with van der Waals surface area (Å²) in [6.45, 7) is 2.60. The lowest BCUT2D eigenvalue weighted by Gasteiger charge is -2.27. The lowest BCUT2D eigenvalue weighted by atomic mass is 10.2. The number of likely N-dealkylation sites (N-methyl/N-ethyl adjacent to an activating group) is 1. The monoisotopic (exact) mass is 235 g/mol. The molecule has 0 aromatic carbocycles. The van der Waals surface area contributed by atoms with Crippen LogP contribution in [0.25, 0.3) is 0 Å². The van der Waals surface area contributed by atoms with E-state index >= 15 is 0 Å². The van der Waals surface area contributed by atoms with Crippen LogP contribution >= 0.6 is 0 Å². The smallest absolute Gasteiger partial charge is 0.147 e. The molecule has 1 fully saturated rings. The third-order valence-electron chi connectivity index (χ3n) is 3.15. The molecule has 1 aliphatic rings. The predicted molar refractivity (Wildman–Crippen MR) is 68.8 cm³/mol. The molecule has 1 aliphatic heterocycles. The Balaban J connectivity index is 2.08. The van der Waals surface area contributed by atoms with Gasteiger partial charge in [0.25, 0.3) is 0 Å². The highest BCUT2D eigenvalue weighted by molar-refractivity contribution is 5.39. The molecule has 2 N–H and O–H groups in total. The van der Waals surface area contributed by atoms with Gasteiger partial charge in [0.05, 0.1) is 18.1 Å². The summed E-state index contributed by atoms with van der Waals surface area (Å²) >= 11 is 0. The Morgan fingerprint density at radius 1 is 1.41 bits per heavy atom. The Kier molecular flexibility index (Phi) is 3.91.